The molecule has 1 fully saturated rings. The average Bonchev–Trinajstić information content (AvgIpc) is 3.14. The van der Waals surface area contributed by atoms with E-state index in [0.29, 0.717) is 6.61 Å². The molecule has 0 saturated heterocycles. The third-order valence-corrected chi connectivity index (χ3v) is 8.55. The van der Waals surface area contributed by atoms with Crippen LogP contribution in [-0.4, -0.2) is 72.8 Å². The highest BCUT2D eigenvalue weighted by atomic mass is 32.2. The van der Waals surface area contributed by atoms with Crippen LogP contribution in [0, 0.1) is 17.2 Å². The molecule has 9 heteroatoms. The van der Waals surface area contributed by atoms with Crippen LogP contribution in [0.3, 0.4) is 0 Å². The molecule has 0 unspecified atom stereocenters. The monoisotopic (exact) mass is 459 g/mol. The molecule has 0 radical (unpaired) electrons. The lowest BCUT2D eigenvalue weighted by atomic mass is 10.2. The van der Waals surface area contributed by atoms with Crippen molar-refractivity contribution < 1.29 is 19.1 Å². The van der Waals surface area contributed by atoms with E-state index in [9.17, 15) is 9.59 Å². The minimum absolute atomic E-state index is 0.00439. The third kappa shape index (κ3) is 6.98. The van der Waals surface area contributed by atoms with Crippen molar-refractivity contribution in [2.24, 2.45) is 11.8 Å². The van der Waals surface area contributed by atoms with Crippen LogP contribution in [0.25, 0.3) is 0 Å². The molecule has 1 rings (SSSR count). The summed E-state index contributed by atoms with van der Waals surface area (Å²) in [7, 11) is 2.20. The van der Waals surface area contributed by atoms with E-state index in [1.807, 2.05) is 6.92 Å². The Morgan fingerprint density at radius 3 is 2.17 bits per heavy atom. The summed E-state index contributed by atoms with van der Waals surface area (Å²) in [5.41, 5.74) is -0.686. The molecule has 30 heavy (non-hydrogen) atoms. The van der Waals surface area contributed by atoms with Gasteiger partial charge in [-0.15, -0.1) is 0 Å². The van der Waals surface area contributed by atoms with Gasteiger partial charge in [0.1, 0.15) is 17.1 Å². The quantitative estimate of drug-likeness (QED) is 0.187. The molecule has 174 valence electrons. The number of nitrogens with one attached hydrogen (secondary N) is 1. The van der Waals surface area contributed by atoms with Crippen LogP contribution in [0.5, 0.6) is 0 Å². The van der Waals surface area contributed by atoms with E-state index >= 15 is 0 Å². The Morgan fingerprint density at radius 1 is 1.20 bits per heavy atom. The number of thioether (sulfide) groups is 1. The lowest BCUT2D eigenvalue weighted by Gasteiger charge is -2.29. The normalized spacial score (nSPS) is 23.7. The van der Waals surface area contributed by atoms with Crippen molar-refractivity contribution in [3.8, 4) is 0 Å². The molecule has 7 nitrogen and oxygen atoms in total. The molecule has 3 atom stereocenters. The first kappa shape index (κ1) is 27.0. The number of rotatable bonds is 8. The summed E-state index contributed by atoms with van der Waals surface area (Å²) in [6.07, 6.45) is 0.224. The predicted molar refractivity (Wildman–Crippen MR) is 127 cm³/mol. The van der Waals surface area contributed by atoms with Gasteiger partial charge in [-0.1, -0.05) is 51.7 Å². The smallest absolute Gasteiger partial charge is 0.418 e. The second-order valence-corrected chi connectivity index (χ2v) is 17.3. The van der Waals surface area contributed by atoms with E-state index in [1.165, 1.54) is 4.90 Å². The van der Waals surface area contributed by atoms with E-state index in [1.54, 1.807) is 39.8 Å². The molecule has 0 aromatic heterocycles. The Balaban J connectivity index is 3.00. The van der Waals surface area contributed by atoms with Crippen LogP contribution in [0.4, 0.5) is 4.79 Å². The first-order chi connectivity index (χ1) is 13.6. The largest absolute Gasteiger partial charge is 0.443 e. The van der Waals surface area contributed by atoms with Gasteiger partial charge in [-0.25, -0.2) is 9.69 Å². The number of amidine groups is 1. The fraction of sp³-hybridized carbons (Fsp3) is 0.857. The summed E-state index contributed by atoms with van der Waals surface area (Å²) in [5, 5.41) is 8.67. The average molecular weight is 460 g/mol. The van der Waals surface area contributed by atoms with Crippen LogP contribution in [-0.2, 0) is 14.3 Å². The number of nitrogens with zero attached hydrogens (tertiary/aromatic N) is 2. The molecule has 1 aliphatic carbocycles. The van der Waals surface area contributed by atoms with Crippen molar-refractivity contribution in [3.63, 3.8) is 0 Å². The highest BCUT2D eigenvalue weighted by Gasteiger charge is 2.68. The van der Waals surface area contributed by atoms with Gasteiger partial charge in [0.15, 0.2) is 5.17 Å². The highest BCUT2D eigenvalue weighted by molar-refractivity contribution is 8.15. The number of amides is 2. The van der Waals surface area contributed by atoms with Gasteiger partial charge in [-0.05, 0) is 38.7 Å². The summed E-state index contributed by atoms with van der Waals surface area (Å²) >= 11 is 1.16. The van der Waals surface area contributed by atoms with Crippen molar-refractivity contribution in [2.75, 3.05) is 27.4 Å². The maximum atomic E-state index is 13.0. The van der Waals surface area contributed by atoms with Gasteiger partial charge >= 0.3 is 6.09 Å². The van der Waals surface area contributed by atoms with Gasteiger partial charge in [0, 0.05) is 28.8 Å². The Bertz CT molecular complexity index is 645. The van der Waals surface area contributed by atoms with E-state index in [2.05, 4.69) is 26.6 Å². The molecule has 0 bridgehead atoms. The fourth-order valence-electron chi connectivity index (χ4n) is 3.45. The maximum absolute atomic E-state index is 13.0. The number of hydrogen-bond donors (Lipinski definition) is 1. The molecular formula is C21H41N3O4SSi. The lowest BCUT2D eigenvalue weighted by Crippen LogP contribution is -2.44. The van der Waals surface area contributed by atoms with Gasteiger partial charge in [-0.3, -0.25) is 10.2 Å². The van der Waals surface area contributed by atoms with Gasteiger partial charge in [-0.2, -0.15) is 0 Å². The topological polar surface area (TPSA) is 82.9 Å². The fourth-order valence-corrected chi connectivity index (χ4v) is 5.84. The summed E-state index contributed by atoms with van der Waals surface area (Å²) in [4.78, 5) is 28.6. The number of carbonyl (C=O) groups is 2. The number of ether oxygens (including phenoxy) is 2. The Labute approximate surface area is 187 Å². The van der Waals surface area contributed by atoms with Gasteiger partial charge in [0.25, 0.3) is 0 Å². The molecule has 0 aliphatic heterocycles. The first-order valence-corrected chi connectivity index (χ1v) is 15.2. The molecule has 1 saturated carbocycles. The van der Waals surface area contributed by atoms with E-state index in [-0.39, 0.29) is 29.6 Å². The third-order valence-electron chi connectivity index (χ3n) is 5.24. The van der Waals surface area contributed by atoms with Crippen LogP contribution in [0.15, 0.2) is 0 Å². The first-order valence-electron chi connectivity index (χ1n) is 10.6. The molecule has 1 aliphatic rings. The number of hydrogen-bond acceptors (Lipinski definition) is 6. The summed E-state index contributed by atoms with van der Waals surface area (Å²) in [6, 6.07) is 0.966. The van der Waals surface area contributed by atoms with Gasteiger partial charge in [0.2, 0.25) is 5.91 Å². The van der Waals surface area contributed by atoms with Crippen LogP contribution < -0.4 is 0 Å². The second-order valence-electron chi connectivity index (χ2n) is 10.5. The Hall–Kier alpha value is -1.06. The highest BCUT2D eigenvalue weighted by Crippen LogP contribution is 2.62. The van der Waals surface area contributed by atoms with Gasteiger partial charge in [0.05, 0.1) is 0 Å². The molecule has 2 amide bonds. The Kier molecular flexibility index (Phi) is 9.03. The number of carbonyl (C=O) groups excluding carboxylic acids is 2. The molecular weight excluding hydrogens is 418 g/mol. The molecule has 0 aromatic carbocycles. The second kappa shape index (κ2) is 10.0. The summed E-state index contributed by atoms with van der Waals surface area (Å²) < 4.78 is 10.6. The SMILES string of the molecule is CC[C@@H]1[C@H](C)[C@@]1(SC(=N)N(COCC[Si](C)(C)C)C(=O)OC(C)(C)C)C(=O)N(C)C. The summed E-state index contributed by atoms with van der Waals surface area (Å²) in [6.45, 7) is 16.7. The van der Waals surface area contributed by atoms with Crippen molar-refractivity contribution in [1.29, 1.82) is 5.41 Å². The molecule has 0 spiro atoms. The van der Waals surface area contributed by atoms with E-state index in [0.717, 1.165) is 24.2 Å². The lowest BCUT2D eigenvalue weighted by molar-refractivity contribution is -0.129. The van der Waals surface area contributed by atoms with Crippen LogP contribution in [0.2, 0.25) is 25.7 Å². The van der Waals surface area contributed by atoms with Crippen molar-refractivity contribution in [2.45, 2.75) is 77.1 Å². The van der Waals surface area contributed by atoms with Crippen molar-refractivity contribution in [3.05, 3.63) is 0 Å². The van der Waals surface area contributed by atoms with Crippen LogP contribution in [0.1, 0.15) is 41.0 Å². The van der Waals surface area contributed by atoms with E-state index < -0.39 is 24.5 Å². The van der Waals surface area contributed by atoms with E-state index in [4.69, 9.17) is 14.9 Å². The summed E-state index contributed by atoms with van der Waals surface area (Å²) in [5.74, 6) is 0.294. The van der Waals surface area contributed by atoms with Gasteiger partial charge < -0.3 is 14.4 Å². The zero-order valence-electron chi connectivity index (χ0n) is 20.4. The molecule has 0 heterocycles. The molecule has 0 aromatic rings. The van der Waals surface area contributed by atoms with Crippen LogP contribution >= 0.6 is 11.8 Å². The minimum atomic E-state index is -1.27. The predicted octanol–water partition coefficient (Wildman–Crippen LogP) is 4.71. The Morgan fingerprint density at radius 2 is 1.77 bits per heavy atom. The molecule has 1 N–H and O–H groups in total. The standard InChI is InChI=1S/C21H41N3O4SSi/c1-11-16-15(2)21(16,17(25)23(6)7)29-18(22)24(19(26)28-20(3,4)5)14-27-12-13-30(8,9)10/h15-16,22H,11-14H2,1-10H3/t15-,16+,21-/m0/s1. The maximum Gasteiger partial charge on any atom is 0.418 e. The van der Waals surface area contributed by atoms with Crippen molar-refractivity contribution >= 4 is 37.0 Å². The zero-order valence-corrected chi connectivity index (χ0v) is 22.2. The van der Waals surface area contributed by atoms with Crippen molar-refractivity contribution in [1.82, 2.24) is 9.80 Å². The minimum Gasteiger partial charge on any atom is -0.443 e. The zero-order chi connectivity index (χ0) is 23.5.